The van der Waals surface area contributed by atoms with Gasteiger partial charge in [-0.25, -0.2) is 0 Å². The second kappa shape index (κ2) is 9.07. The number of epoxide rings is 1. The van der Waals surface area contributed by atoms with Gasteiger partial charge in [0.25, 0.3) is 0 Å². The van der Waals surface area contributed by atoms with Gasteiger partial charge in [-0.05, 0) is 12.3 Å². The van der Waals surface area contributed by atoms with Crippen molar-refractivity contribution in [1.82, 2.24) is 5.32 Å². The Morgan fingerprint density at radius 3 is 2.30 bits per heavy atom. The average Bonchev–Trinajstić information content (AvgIpc) is 3.16. The first-order chi connectivity index (χ1) is 8.86. The summed E-state index contributed by atoms with van der Waals surface area (Å²) in [5.41, 5.74) is 6.08. The van der Waals surface area contributed by atoms with Crippen molar-refractivity contribution in [3.63, 3.8) is 0 Å². The minimum atomic E-state index is -1.11. The van der Waals surface area contributed by atoms with Gasteiger partial charge < -0.3 is 20.9 Å². The van der Waals surface area contributed by atoms with E-state index < -0.39 is 17.6 Å². The Hall–Kier alpha value is 0.825. The van der Waals surface area contributed by atoms with Crippen molar-refractivity contribution >= 4 is 11.7 Å². The maximum Gasteiger partial charge on any atom is 1.00 e. The summed E-state index contributed by atoms with van der Waals surface area (Å²) in [7, 11) is 0. The van der Waals surface area contributed by atoms with Gasteiger partial charge in [0, 0.05) is 5.92 Å². The molecule has 3 N–H and O–H groups in total. The number of carbonyl (C=O) groups is 2. The Morgan fingerprint density at radius 2 is 1.95 bits per heavy atom. The Bertz CT molecular complexity index is 345. The van der Waals surface area contributed by atoms with Crippen LogP contribution in [0, 0.1) is 11.8 Å². The second-order valence-corrected chi connectivity index (χ2v) is 5.60. The van der Waals surface area contributed by atoms with Gasteiger partial charge in [-0.3, -0.25) is 9.59 Å². The van der Waals surface area contributed by atoms with Gasteiger partial charge in [0.05, 0.1) is 19.3 Å². The minimum Gasteiger partial charge on any atom is -0.677 e. The number of hydrogen-bond donors (Lipinski definition) is 2. The van der Waals surface area contributed by atoms with Crippen LogP contribution in [0.15, 0.2) is 0 Å². The van der Waals surface area contributed by atoms with Crippen LogP contribution in [0.25, 0.3) is 5.73 Å². The molecule has 1 amide bonds. The summed E-state index contributed by atoms with van der Waals surface area (Å²) >= 11 is 0. The maximum atomic E-state index is 12.3. The van der Waals surface area contributed by atoms with E-state index in [0.717, 1.165) is 0 Å². The van der Waals surface area contributed by atoms with E-state index in [1.807, 2.05) is 13.8 Å². The Labute approximate surface area is 169 Å². The number of ether oxygens (including phenoxy) is 1. The van der Waals surface area contributed by atoms with E-state index in [1.54, 1.807) is 6.92 Å². The smallest absolute Gasteiger partial charge is 0.677 e. The molecule has 0 saturated carbocycles. The third-order valence-electron chi connectivity index (χ3n) is 3.29. The normalized spacial score (nSPS) is 23.7. The molecule has 6 nitrogen and oxygen atoms in total. The van der Waals surface area contributed by atoms with Crippen LogP contribution in [0.1, 0.15) is 27.2 Å². The molecule has 1 aliphatic heterocycles. The van der Waals surface area contributed by atoms with E-state index >= 15 is 0 Å². The Morgan fingerprint density at radius 1 is 1.40 bits per heavy atom. The molecule has 0 aromatic carbocycles. The topological polar surface area (TPSA) is 103 Å². The van der Waals surface area contributed by atoms with E-state index in [4.69, 9.17) is 10.5 Å². The number of nitrogens with one attached hydrogen (secondary N) is 2. The first-order valence-electron chi connectivity index (χ1n) is 6.60. The predicted octanol–water partition coefficient (Wildman–Crippen LogP) is -2.46. The summed E-state index contributed by atoms with van der Waals surface area (Å²) < 4.78 is 5.05. The Kier molecular flexibility index (Phi) is 9.45. The van der Waals surface area contributed by atoms with Gasteiger partial charge in [-0.15, -0.1) is 6.54 Å². The Balaban J connectivity index is 0.00000361. The third-order valence-corrected chi connectivity index (χ3v) is 3.29. The van der Waals surface area contributed by atoms with E-state index in [2.05, 4.69) is 5.32 Å². The molecule has 0 bridgehead atoms. The van der Waals surface area contributed by atoms with Crippen LogP contribution >= 0.6 is 0 Å². The minimum absolute atomic E-state index is 0. The van der Waals surface area contributed by atoms with Crippen LogP contribution in [-0.2, 0) is 14.3 Å². The van der Waals surface area contributed by atoms with Gasteiger partial charge in [-0.1, -0.05) is 20.8 Å². The maximum absolute atomic E-state index is 12.3. The molecule has 20 heavy (non-hydrogen) atoms. The standard InChI is InChI=1S/C13H23N2O4.Rb/c1-8(2)4-10(15-12(18)9(3)5-14)11(17)13(6-16)7-19-13;/h8-10,14,16H,4-7H2,1-3H3,(H,15,18);/q-1;+1. The van der Waals surface area contributed by atoms with Crippen molar-refractivity contribution in [3.8, 4) is 0 Å². The summed E-state index contributed by atoms with van der Waals surface area (Å²) in [6.07, 6.45) is 0.500. The third kappa shape index (κ3) is 5.55. The van der Waals surface area contributed by atoms with E-state index in [9.17, 15) is 14.7 Å². The average molecular weight is 357 g/mol. The number of Topliss-reactive ketones (excluding diaryl/α,β-unsaturated/α-hetero) is 1. The van der Waals surface area contributed by atoms with Crippen LogP contribution < -0.4 is 63.5 Å². The molecule has 0 radical (unpaired) electrons. The van der Waals surface area contributed by atoms with Crippen molar-refractivity contribution < 1.29 is 77.6 Å². The van der Waals surface area contributed by atoms with E-state index in [0.29, 0.717) is 6.42 Å². The molecule has 0 aliphatic carbocycles. The molecule has 3 unspecified atom stereocenters. The molecular weight excluding hydrogens is 334 g/mol. The number of rotatable bonds is 8. The summed E-state index contributed by atoms with van der Waals surface area (Å²) in [6, 6.07) is -0.656. The number of ketones is 1. The molecule has 3 atom stereocenters. The molecule has 1 heterocycles. The zero-order valence-corrected chi connectivity index (χ0v) is 17.6. The van der Waals surface area contributed by atoms with Crippen molar-refractivity contribution in [3.05, 3.63) is 5.73 Å². The molecule has 7 heteroatoms. The first-order valence-corrected chi connectivity index (χ1v) is 6.60. The molecular formula is C13H23N2O4Rb. The van der Waals surface area contributed by atoms with Gasteiger partial charge in [-0.2, -0.15) is 0 Å². The second-order valence-electron chi connectivity index (χ2n) is 5.60. The largest absolute Gasteiger partial charge is 1.00 e. The monoisotopic (exact) mass is 356 g/mol. The van der Waals surface area contributed by atoms with Crippen molar-refractivity contribution in [2.24, 2.45) is 11.8 Å². The van der Waals surface area contributed by atoms with E-state index in [-0.39, 0.29) is 95.6 Å². The van der Waals surface area contributed by atoms with Crippen molar-refractivity contribution in [1.29, 1.82) is 0 Å². The SMILES string of the molecule is CC(C)CC(NC(=O)C(C)C[NH-])C(=O)C1(CO)CO1.[Rb+]. The van der Waals surface area contributed by atoms with Gasteiger partial charge in [0.2, 0.25) is 5.91 Å². The van der Waals surface area contributed by atoms with Crippen LogP contribution in [-0.4, -0.2) is 48.2 Å². The molecule has 110 valence electrons. The fourth-order valence-corrected chi connectivity index (χ4v) is 1.83. The van der Waals surface area contributed by atoms with Crippen molar-refractivity contribution in [2.45, 2.75) is 38.8 Å². The van der Waals surface area contributed by atoms with Gasteiger partial charge >= 0.3 is 58.2 Å². The molecule has 1 fully saturated rings. The molecule has 1 aliphatic rings. The fourth-order valence-electron chi connectivity index (χ4n) is 1.83. The molecule has 1 rings (SSSR count). The van der Waals surface area contributed by atoms with Crippen LogP contribution in [0.3, 0.4) is 0 Å². The number of carbonyl (C=O) groups excluding carboxylic acids is 2. The quantitative estimate of drug-likeness (QED) is 0.471. The zero-order valence-electron chi connectivity index (χ0n) is 12.7. The van der Waals surface area contributed by atoms with Crippen LogP contribution in [0.2, 0.25) is 0 Å². The molecule has 0 spiro atoms. The number of aliphatic hydroxyl groups is 1. The summed E-state index contributed by atoms with van der Waals surface area (Å²) in [6.45, 7) is 5.40. The summed E-state index contributed by atoms with van der Waals surface area (Å²) in [4.78, 5) is 24.1. The number of amides is 1. The fraction of sp³-hybridized carbons (Fsp3) is 0.846. The molecule has 0 aromatic rings. The summed E-state index contributed by atoms with van der Waals surface area (Å²) in [5.74, 6) is -0.792. The predicted molar refractivity (Wildman–Crippen MR) is 70.5 cm³/mol. The molecule has 0 aromatic heterocycles. The number of hydrogen-bond acceptors (Lipinski definition) is 4. The van der Waals surface area contributed by atoms with Gasteiger partial charge in [0.1, 0.15) is 0 Å². The number of aliphatic hydroxyl groups excluding tert-OH is 1. The first kappa shape index (κ1) is 20.8. The zero-order chi connectivity index (χ0) is 14.6. The van der Waals surface area contributed by atoms with E-state index in [1.165, 1.54) is 0 Å². The van der Waals surface area contributed by atoms with Crippen LogP contribution in [0.4, 0.5) is 0 Å². The summed E-state index contributed by atoms with van der Waals surface area (Å²) in [5, 5.41) is 11.9. The van der Waals surface area contributed by atoms with Crippen LogP contribution in [0.5, 0.6) is 0 Å². The molecule has 1 saturated heterocycles. The van der Waals surface area contributed by atoms with Crippen molar-refractivity contribution in [2.75, 3.05) is 19.8 Å². The van der Waals surface area contributed by atoms with Gasteiger partial charge in [0.15, 0.2) is 11.4 Å².